The molecule has 0 aromatic rings. The van der Waals surface area contributed by atoms with E-state index in [-0.39, 0.29) is 0 Å². The molecule has 0 aliphatic heterocycles. The first-order chi connectivity index (χ1) is 8.40. The summed E-state index contributed by atoms with van der Waals surface area (Å²) in [6.07, 6.45) is -18.6. The first-order valence-corrected chi connectivity index (χ1v) is 5.89. The van der Waals surface area contributed by atoms with Crippen molar-refractivity contribution in [1.82, 2.24) is 0 Å². The van der Waals surface area contributed by atoms with E-state index in [1.54, 1.807) is 0 Å². The van der Waals surface area contributed by atoms with Gasteiger partial charge in [-0.1, -0.05) is 11.8 Å². The monoisotopic (exact) mass is 318 g/mol. The maximum atomic E-state index is 13.0. The molecule has 19 heavy (non-hydrogen) atoms. The zero-order valence-electron chi connectivity index (χ0n) is 9.49. The second kappa shape index (κ2) is 6.76. The van der Waals surface area contributed by atoms with Gasteiger partial charge in [-0.3, -0.25) is 4.79 Å². The maximum absolute atomic E-state index is 13.0. The summed E-state index contributed by atoms with van der Waals surface area (Å²) in [5.74, 6) is -5.91. The highest BCUT2D eigenvalue weighted by Gasteiger charge is 2.62. The Morgan fingerprint density at radius 3 is 1.95 bits per heavy atom. The molecule has 0 fully saturated rings. The minimum Gasteiger partial charge on any atom is -0.288 e. The van der Waals surface area contributed by atoms with Gasteiger partial charge >= 0.3 is 12.1 Å². The summed E-state index contributed by atoms with van der Waals surface area (Å²) in [6.45, 7) is 1.08. The van der Waals surface area contributed by atoms with Gasteiger partial charge in [0.05, 0.1) is 0 Å². The van der Waals surface area contributed by atoms with Crippen LogP contribution in [0.4, 0.5) is 35.1 Å². The van der Waals surface area contributed by atoms with Gasteiger partial charge in [0.15, 0.2) is 11.3 Å². The van der Waals surface area contributed by atoms with Crippen LogP contribution in [0.2, 0.25) is 0 Å². The van der Waals surface area contributed by atoms with Crippen LogP contribution in [-0.4, -0.2) is 41.5 Å². The number of hydrogen-bond donors (Lipinski definition) is 0. The lowest BCUT2D eigenvalue weighted by molar-refractivity contribution is -0.264. The second-order valence-corrected chi connectivity index (χ2v) is 4.90. The van der Waals surface area contributed by atoms with Gasteiger partial charge in [-0.2, -0.15) is 22.0 Å². The van der Waals surface area contributed by atoms with Crippen molar-refractivity contribution in [3.63, 3.8) is 0 Å². The molecule has 0 aromatic heterocycles. The molecular formula is C9H10F8OS. The molecule has 0 bridgehead atoms. The van der Waals surface area contributed by atoms with Crippen LogP contribution in [0.25, 0.3) is 0 Å². The van der Waals surface area contributed by atoms with Gasteiger partial charge in [0.1, 0.15) is 6.17 Å². The summed E-state index contributed by atoms with van der Waals surface area (Å²) >= 11 is 0.495. The molecular weight excluding hydrogens is 308 g/mol. The second-order valence-electron chi connectivity index (χ2n) is 3.63. The number of thioether (sulfide) groups is 1. The summed E-state index contributed by atoms with van der Waals surface area (Å²) in [5, 5.41) is -0.493. The lowest BCUT2D eigenvalue weighted by Crippen LogP contribution is -2.51. The quantitative estimate of drug-likeness (QED) is 0.692. The highest BCUT2D eigenvalue weighted by molar-refractivity contribution is 8.13. The van der Waals surface area contributed by atoms with Crippen molar-refractivity contribution >= 4 is 16.9 Å². The minimum absolute atomic E-state index is 0.393. The molecule has 0 aliphatic carbocycles. The van der Waals surface area contributed by atoms with Crippen LogP contribution in [0.1, 0.15) is 13.3 Å². The van der Waals surface area contributed by atoms with Gasteiger partial charge in [0.2, 0.25) is 0 Å². The van der Waals surface area contributed by atoms with Crippen molar-refractivity contribution in [2.24, 2.45) is 0 Å². The average Bonchev–Trinajstić information content (AvgIpc) is 2.24. The molecule has 10 heteroatoms. The number of carbonyl (C=O) groups is 1. The summed E-state index contributed by atoms with van der Waals surface area (Å²) in [7, 11) is 0. The van der Waals surface area contributed by atoms with E-state index in [9.17, 15) is 39.9 Å². The van der Waals surface area contributed by atoms with Gasteiger partial charge in [-0.15, -0.1) is 0 Å². The Kier molecular flexibility index (Phi) is 6.56. The van der Waals surface area contributed by atoms with Crippen LogP contribution < -0.4 is 0 Å². The Morgan fingerprint density at radius 2 is 1.58 bits per heavy atom. The van der Waals surface area contributed by atoms with Crippen LogP contribution >= 0.6 is 11.8 Å². The molecule has 114 valence electrons. The third-order valence-corrected chi connectivity index (χ3v) is 2.86. The van der Waals surface area contributed by atoms with Gasteiger partial charge in [0, 0.05) is 12.7 Å². The molecule has 0 saturated heterocycles. The van der Waals surface area contributed by atoms with Crippen molar-refractivity contribution in [3.05, 3.63) is 0 Å². The summed E-state index contributed by atoms with van der Waals surface area (Å²) in [5.41, 5.74) is 0. The number of alkyl halides is 8. The van der Waals surface area contributed by atoms with Crippen LogP contribution in [0.3, 0.4) is 0 Å². The van der Waals surface area contributed by atoms with E-state index in [2.05, 4.69) is 0 Å². The van der Waals surface area contributed by atoms with E-state index < -0.39 is 47.9 Å². The highest BCUT2D eigenvalue weighted by atomic mass is 32.2. The fraction of sp³-hybridized carbons (Fsp3) is 0.889. The van der Waals surface area contributed by atoms with Crippen LogP contribution in [0, 0.1) is 0 Å². The number of carbonyl (C=O) groups excluding carboxylic acids is 1. The van der Waals surface area contributed by atoms with E-state index in [1.165, 1.54) is 0 Å². The highest BCUT2D eigenvalue weighted by Crippen LogP contribution is 2.40. The van der Waals surface area contributed by atoms with E-state index in [4.69, 9.17) is 0 Å². The average molecular weight is 318 g/mol. The molecule has 0 aromatic carbocycles. The zero-order valence-corrected chi connectivity index (χ0v) is 10.3. The Hall–Kier alpha value is -0.540. The van der Waals surface area contributed by atoms with Crippen molar-refractivity contribution in [3.8, 4) is 0 Å². The van der Waals surface area contributed by atoms with Gasteiger partial charge < -0.3 is 0 Å². The molecule has 0 N–H and O–H groups in total. The minimum atomic E-state index is -5.98. The van der Waals surface area contributed by atoms with Gasteiger partial charge in [-0.25, -0.2) is 13.2 Å². The lowest BCUT2D eigenvalue weighted by Gasteiger charge is -2.27. The number of halogens is 8. The van der Waals surface area contributed by atoms with Crippen molar-refractivity contribution in [1.29, 1.82) is 0 Å². The van der Waals surface area contributed by atoms with Crippen molar-refractivity contribution in [2.45, 2.75) is 44.0 Å². The van der Waals surface area contributed by atoms with Crippen LogP contribution in [0.15, 0.2) is 0 Å². The first kappa shape index (κ1) is 18.5. The number of rotatable bonds is 6. The largest absolute Gasteiger partial charge is 0.425 e. The summed E-state index contributed by atoms with van der Waals surface area (Å²) in [6, 6.07) is 0. The molecule has 0 spiro atoms. The molecule has 0 heterocycles. The van der Waals surface area contributed by atoms with E-state index in [0.29, 0.717) is 11.8 Å². The number of hydrogen-bond acceptors (Lipinski definition) is 2. The normalized spacial score (nSPS) is 17.9. The lowest BCUT2D eigenvalue weighted by atomic mass is 10.0. The first-order valence-electron chi connectivity index (χ1n) is 4.90. The van der Waals surface area contributed by atoms with Crippen LogP contribution in [0.5, 0.6) is 0 Å². The van der Waals surface area contributed by atoms with E-state index >= 15 is 0 Å². The standard InChI is InChI=1S/C9H10F8OS/c1-4(18)19-3-2-5(10)6(11)8(13,14)7(12)9(15,16)17/h5-7H,2-3H2,1H3. The van der Waals surface area contributed by atoms with Crippen LogP contribution in [-0.2, 0) is 4.79 Å². The Labute approximate surface area is 107 Å². The molecule has 3 atom stereocenters. The fourth-order valence-electron chi connectivity index (χ4n) is 1.06. The Bertz CT molecular complexity index is 305. The molecule has 0 aliphatic rings. The predicted octanol–water partition coefficient (Wildman–Crippen LogP) is 3.87. The Balaban J connectivity index is 4.60. The van der Waals surface area contributed by atoms with Gasteiger partial charge in [0.25, 0.3) is 6.17 Å². The smallest absolute Gasteiger partial charge is 0.288 e. The van der Waals surface area contributed by atoms with Gasteiger partial charge in [-0.05, 0) is 6.42 Å². The van der Waals surface area contributed by atoms with E-state index in [1.807, 2.05) is 0 Å². The maximum Gasteiger partial charge on any atom is 0.425 e. The molecule has 1 nitrogen and oxygen atoms in total. The Morgan fingerprint density at radius 1 is 1.11 bits per heavy atom. The summed E-state index contributed by atoms with van der Waals surface area (Å²) in [4.78, 5) is 10.4. The van der Waals surface area contributed by atoms with Crippen molar-refractivity contribution < 1.29 is 39.9 Å². The summed E-state index contributed by atoms with van der Waals surface area (Å²) < 4.78 is 99.0. The topological polar surface area (TPSA) is 17.1 Å². The molecule has 0 rings (SSSR count). The predicted molar refractivity (Wildman–Crippen MR) is 53.4 cm³/mol. The van der Waals surface area contributed by atoms with E-state index in [0.717, 1.165) is 6.92 Å². The zero-order chi connectivity index (χ0) is 15.4. The SMILES string of the molecule is CC(=O)SCCC(F)C(F)C(F)(F)C(F)C(F)(F)F. The third kappa shape index (κ3) is 5.53. The fourth-order valence-corrected chi connectivity index (χ4v) is 1.69. The molecule has 3 unspecified atom stereocenters. The molecule has 0 amide bonds. The van der Waals surface area contributed by atoms with Crippen molar-refractivity contribution in [2.75, 3.05) is 5.75 Å². The third-order valence-electron chi connectivity index (χ3n) is 2.01. The molecule has 0 saturated carbocycles. The molecule has 0 radical (unpaired) electrons.